The highest BCUT2D eigenvalue weighted by molar-refractivity contribution is 5.98. The molecule has 1 saturated heterocycles. The summed E-state index contributed by atoms with van der Waals surface area (Å²) in [5.74, 6) is 1.63. The van der Waals surface area contributed by atoms with Crippen LogP contribution in [0, 0.1) is 29.0 Å². The van der Waals surface area contributed by atoms with Crippen LogP contribution in [0.2, 0.25) is 0 Å². The highest BCUT2D eigenvalue weighted by Gasteiger charge is 2.56. The Balaban J connectivity index is 1.18. The van der Waals surface area contributed by atoms with Crippen LogP contribution in [-0.2, 0) is 9.59 Å². The monoisotopic (exact) mass is 436 g/mol. The first-order chi connectivity index (χ1) is 15.5. The van der Waals surface area contributed by atoms with E-state index >= 15 is 0 Å². The predicted octanol–water partition coefficient (Wildman–Crippen LogP) is 4.16. The van der Waals surface area contributed by atoms with Crippen LogP contribution in [0.25, 0.3) is 5.69 Å². The normalized spacial score (nSPS) is 33.0. The molecule has 1 atom stereocenters. The highest BCUT2D eigenvalue weighted by atomic mass is 19.1. The number of anilines is 1. The zero-order chi connectivity index (χ0) is 21.9. The van der Waals surface area contributed by atoms with Crippen LogP contribution in [0.1, 0.15) is 51.4 Å². The van der Waals surface area contributed by atoms with Gasteiger partial charge in [-0.1, -0.05) is 0 Å². The van der Waals surface area contributed by atoms with Crippen LogP contribution in [0.4, 0.5) is 10.1 Å². The van der Waals surface area contributed by atoms with Gasteiger partial charge in [0.05, 0.1) is 17.4 Å². The van der Waals surface area contributed by atoms with Crippen molar-refractivity contribution in [3.63, 3.8) is 0 Å². The SMILES string of the molecule is O=C(Nc1ccc(-n2ccnc2)c(F)c1)C1CCCN1C(=O)C12CC3CC(CC(C3)C1)C2. The van der Waals surface area contributed by atoms with Crippen LogP contribution < -0.4 is 5.32 Å². The smallest absolute Gasteiger partial charge is 0.247 e. The molecule has 7 rings (SSSR count). The Morgan fingerprint density at radius 2 is 1.81 bits per heavy atom. The van der Waals surface area contributed by atoms with Crippen molar-refractivity contribution in [2.24, 2.45) is 23.2 Å². The van der Waals surface area contributed by atoms with Gasteiger partial charge in [0.1, 0.15) is 11.9 Å². The van der Waals surface area contributed by atoms with Gasteiger partial charge in [0.2, 0.25) is 11.8 Å². The molecule has 6 nitrogen and oxygen atoms in total. The van der Waals surface area contributed by atoms with Gasteiger partial charge in [-0.05, 0) is 87.3 Å². The number of nitrogens with zero attached hydrogens (tertiary/aromatic N) is 3. The Kier molecular flexibility index (Phi) is 4.63. The molecule has 2 aromatic rings. The molecule has 1 unspecified atom stereocenters. The van der Waals surface area contributed by atoms with E-state index in [4.69, 9.17) is 0 Å². The summed E-state index contributed by atoms with van der Waals surface area (Å²) in [5, 5.41) is 2.86. The van der Waals surface area contributed by atoms with Gasteiger partial charge in [0.15, 0.2) is 0 Å². The Bertz CT molecular complexity index is 1010. The van der Waals surface area contributed by atoms with Crippen molar-refractivity contribution < 1.29 is 14.0 Å². The maximum atomic E-state index is 14.6. The van der Waals surface area contributed by atoms with Gasteiger partial charge in [0.25, 0.3) is 0 Å². The molecule has 7 heteroatoms. The molecule has 5 aliphatic rings. The molecule has 1 aromatic carbocycles. The lowest BCUT2D eigenvalue weighted by Gasteiger charge is -2.56. The maximum Gasteiger partial charge on any atom is 0.247 e. The number of benzene rings is 1. The number of likely N-dealkylation sites (tertiary alicyclic amines) is 1. The Hall–Kier alpha value is -2.70. The topological polar surface area (TPSA) is 67.2 Å². The van der Waals surface area contributed by atoms with E-state index < -0.39 is 11.9 Å². The minimum absolute atomic E-state index is 0.205. The largest absolute Gasteiger partial charge is 0.330 e. The summed E-state index contributed by atoms with van der Waals surface area (Å²) < 4.78 is 16.2. The van der Waals surface area contributed by atoms with Gasteiger partial charge in [0, 0.05) is 24.6 Å². The third-order valence-corrected chi connectivity index (χ3v) is 8.31. The van der Waals surface area contributed by atoms with Crippen molar-refractivity contribution in [3.05, 3.63) is 42.7 Å². The van der Waals surface area contributed by atoms with Crippen LogP contribution in [-0.4, -0.2) is 38.9 Å². The lowest BCUT2D eigenvalue weighted by molar-refractivity contribution is -0.160. The van der Waals surface area contributed by atoms with Gasteiger partial charge in [-0.3, -0.25) is 9.59 Å². The second-order valence-electron chi connectivity index (χ2n) is 10.5. The molecule has 5 fully saturated rings. The average Bonchev–Trinajstić information content (AvgIpc) is 3.45. The van der Waals surface area contributed by atoms with Crippen molar-refractivity contribution in [3.8, 4) is 5.69 Å². The van der Waals surface area contributed by atoms with E-state index in [1.165, 1.54) is 31.7 Å². The lowest BCUT2D eigenvalue weighted by atomic mass is 9.49. The molecule has 4 saturated carbocycles. The molecular weight excluding hydrogens is 407 g/mol. The van der Waals surface area contributed by atoms with E-state index in [1.54, 1.807) is 29.1 Å². The fourth-order valence-corrected chi connectivity index (χ4v) is 7.38. The molecule has 1 N–H and O–H groups in total. The Morgan fingerprint density at radius 1 is 1.09 bits per heavy atom. The Labute approximate surface area is 187 Å². The number of halogens is 1. The van der Waals surface area contributed by atoms with Crippen LogP contribution in [0.15, 0.2) is 36.9 Å². The summed E-state index contributed by atoms with van der Waals surface area (Å²) in [6.45, 7) is 0.645. The molecule has 0 spiro atoms. The number of imidazole rings is 1. The molecule has 168 valence electrons. The summed E-state index contributed by atoms with van der Waals surface area (Å²) in [7, 11) is 0. The summed E-state index contributed by atoms with van der Waals surface area (Å²) >= 11 is 0. The minimum Gasteiger partial charge on any atom is -0.330 e. The van der Waals surface area contributed by atoms with Gasteiger partial charge in [-0.2, -0.15) is 0 Å². The van der Waals surface area contributed by atoms with E-state index in [9.17, 15) is 14.0 Å². The highest BCUT2D eigenvalue weighted by Crippen LogP contribution is 2.60. The van der Waals surface area contributed by atoms with E-state index in [-0.39, 0.29) is 17.2 Å². The number of hydrogen-bond acceptors (Lipinski definition) is 3. The lowest BCUT2D eigenvalue weighted by Crippen LogP contribution is -2.56. The van der Waals surface area contributed by atoms with E-state index in [0.717, 1.165) is 25.7 Å². The number of carbonyl (C=O) groups is 2. The molecule has 0 radical (unpaired) electrons. The Morgan fingerprint density at radius 3 is 2.44 bits per heavy atom. The number of carbonyl (C=O) groups excluding carboxylic acids is 2. The molecular formula is C25H29FN4O2. The van der Waals surface area contributed by atoms with Crippen molar-refractivity contribution in [2.45, 2.75) is 57.4 Å². The van der Waals surface area contributed by atoms with Gasteiger partial charge < -0.3 is 14.8 Å². The van der Waals surface area contributed by atoms with Crippen LogP contribution >= 0.6 is 0 Å². The van der Waals surface area contributed by atoms with Gasteiger partial charge in [-0.25, -0.2) is 9.37 Å². The third-order valence-electron chi connectivity index (χ3n) is 8.31. The second-order valence-corrected chi connectivity index (χ2v) is 10.5. The van der Waals surface area contributed by atoms with Gasteiger partial charge in [-0.15, -0.1) is 0 Å². The summed E-state index contributed by atoms with van der Waals surface area (Å²) in [5.41, 5.74) is 0.543. The van der Waals surface area contributed by atoms with Crippen molar-refractivity contribution in [1.29, 1.82) is 0 Å². The van der Waals surface area contributed by atoms with E-state index in [2.05, 4.69) is 10.3 Å². The zero-order valence-electron chi connectivity index (χ0n) is 18.2. The van der Waals surface area contributed by atoms with Crippen molar-refractivity contribution in [1.82, 2.24) is 14.5 Å². The summed E-state index contributed by atoms with van der Waals surface area (Å²) in [4.78, 5) is 32.7. The molecule has 4 bridgehead atoms. The van der Waals surface area contributed by atoms with Crippen molar-refractivity contribution >= 4 is 17.5 Å². The molecule has 1 aromatic heterocycles. The fraction of sp³-hybridized carbons (Fsp3) is 0.560. The maximum absolute atomic E-state index is 14.6. The van der Waals surface area contributed by atoms with E-state index in [0.29, 0.717) is 42.1 Å². The van der Waals surface area contributed by atoms with Crippen LogP contribution in [0.3, 0.4) is 0 Å². The third kappa shape index (κ3) is 3.24. The van der Waals surface area contributed by atoms with Crippen molar-refractivity contribution in [2.75, 3.05) is 11.9 Å². The fourth-order valence-electron chi connectivity index (χ4n) is 7.38. The summed E-state index contributed by atoms with van der Waals surface area (Å²) in [6, 6.07) is 4.18. The molecule has 1 aliphatic heterocycles. The second kappa shape index (κ2) is 7.42. The van der Waals surface area contributed by atoms with Gasteiger partial charge >= 0.3 is 0 Å². The predicted molar refractivity (Wildman–Crippen MR) is 117 cm³/mol. The van der Waals surface area contributed by atoms with Crippen LogP contribution in [0.5, 0.6) is 0 Å². The summed E-state index contributed by atoms with van der Waals surface area (Å²) in [6.07, 6.45) is 13.2. The number of amides is 2. The first-order valence-electron chi connectivity index (χ1n) is 11.9. The molecule has 2 heterocycles. The zero-order valence-corrected chi connectivity index (χ0v) is 18.2. The standard InChI is InChI=1S/C25H29FN4O2/c26-20-11-19(3-4-21(20)29-7-5-27-15-29)28-23(31)22-2-1-6-30(22)24(32)25-12-16-8-17(13-25)10-18(9-16)14-25/h3-5,7,11,15-18,22H,1-2,6,8-10,12-14H2,(H,28,31). The number of rotatable bonds is 4. The first-order valence-corrected chi connectivity index (χ1v) is 11.9. The molecule has 32 heavy (non-hydrogen) atoms. The first kappa shape index (κ1) is 19.9. The molecule has 4 aliphatic carbocycles. The minimum atomic E-state index is -0.466. The number of nitrogens with one attached hydrogen (secondary N) is 1. The quantitative estimate of drug-likeness (QED) is 0.783. The number of aromatic nitrogens is 2. The van der Waals surface area contributed by atoms with E-state index in [1.807, 2.05) is 4.90 Å². The molecule has 2 amide bonds. The average molecular weight is 437 g/mol. The number of hydrogen-bond donors (Lipinski definition) is 1.